The van der Waals surface area contributed by atoms with Gasteiger partial charge in [-0.2, -0.15) is 0 Å². The molecule has 150 valence electrons. The van der Waals surface area contributed by atoms with E-state index in [-0.39, 0.29) is 11.0 Å². The Morgan fingerprint density at radius 1 is 0.967 bits per heavy atom. The van der Waals surface area contributed by atoms with Crippen molar-refractivity contribution in [2.45, 2.75) is 0 Å². The van der Waals surface area contributed by atoms with E-state index >= 15 is 0 Å². The molecule has 0 aliphatic heterocycles. The van der Waals surface area contributed by atoms with Gasteiger partial charge in [0.05, 0.1) is 10.6 Å². The quantitative estimate of drug-likeness (QED) is 0.327. The first-order valence-corrected chi connectivity index (χ1v) is 10.2. The number of aromatic nitrogens is 1. The minimum absolute atomic E-state index is 0.123. The SMILES string of the molecule is O=C(NC(=S)Nc1ccc(Cl)c(-c2nc3cc(Cl)ccc3o2)c1)c1cccc(Cl)c1. The Hall–Kier alpha value is -2.64. The van der Waals surface area contributed by atoms with E-state index in [1.807, 2.05) is 0 Å². The predicted octanol–water partition coefficient (Wildman–Crippen LogP) is 6.58. The Labute approximate surface area is 192 Å². The third kappa shape index (κ3) is 4.57. The molecule has 30 heavy (non-hydrogen) atoms. The fourth-order valence-electron chi connectivity index (χ4n) is 2.75. The lowest BCUT2D eigenvalue weighted by molar-refractivity contribution is 0.0977. The van der Waals surface area contributed by atoms with Crippen molar-refractivity contribution in [2.75, 3.05) is 5.32 Å². The molecule has 5 nitrogen and oxygen atoms in total. The van der Waals surface area contributed by atoms with E-state index in [9.17, 15) is 4.79 Å². The number of amides is 1. The van der Waals surface area contributed by atoms with Gasteiger partial charge < -0.3 is 9.73 Å². The number of carbonyl (C=O) groups excluding carboxylic acids is 1. The monoisotopic (exact) mass is 475 g/mol. The highest BCUT2D eigenvalue weighted by Crippen LogP contribution is 2.33. The van der Waals surface area contributed by atoms with Crippen molar-refractivity contribution >= 4 is 74.8 Å². The van der Waals surface area contributed by atoms with Crippen molar-refractivity contribution in [3.05, 3.63) is 81.3 Å². The number of nitrogens with one attached hydrogen (secondary N) is 2. The van der Waals surface area contributed by atoms with E-state index in [0.29, 0.717) is 48.9 Å². The van der Waals surface area contributed by atoms with Crippen LogP contribution in [0.5, 0.6) is 0 Å². The molecular formula is C21H12Cl3N3O2S. The van der Waals surface area contributed by atoms with Crippen LogP contribution in [0.3, 0.4) is 0 Å². The zero-order chi connectivity index (χ0) is 21.3. The molecule has 2 N–H and O–H groups in total. The number of carbonyl (C=O) groups is 1. The number of anilines is 1. The van der Waals surface area contributed by atoms with Crippen molar-refractivity contribution in [1.29, 1.82) is 0 Å². The Kier molecular flexibility index (Phi) is 5.92. The van der Waals surface area contributed by atoms with E-state index in [1.165, 1.54) is 0 Å². The van der Waals surface area contributed by atoms with Crippen molar-refractivity contribution in [1.82, 2.24) is 10.3 Å². The maximum atomic E-state index is 12.3. The van der Waals surface area contributed by atoms with Crippen LogP contribution in [0.25, 0.3) is 22.6 Å². The van der Waals surface area contributed by atoms with Crippen LogP contribution in [0.15, 0.2) is 65.1 Å². The first kappa shape index (κ1) is 20.6. The first-order chi connectivity index (χ1) is 14.4. The van der Waals surface area contributed by atoms with Crippen molar-refractivity contribution in [3.63, 3.8) is 0 Å². The molecule has 0 unspecified atom stereocenters. The van der Waals surface area contributed by atoms with Crippen LogP contribution in [-0.2, 0) is 0 Å². The Morgan fingerprint density at radius 2 is 1.77 bits per heavy atom. The molecular weight excluding hydrogens is 465 g/mol. The minimum Gasteiger partial charge on any atom is -0.436 e. The molecule has 0 atom stereocenters. The molecule has 4 rings (SSSR count). The van der Waals surface area contributed by atoms with Gasteiger partial charge in [-0.25, -0.2) is 4.98 Å². The molecule has 1 heterocycles. The van der Waals surface area contributed by atoms with Crippen LogP contribution in [0, 0.1) is 0 Å². The third-order valence-electron chi connectivity index (χ3n) is 4.12. The zero-order valence-electron chi connectivity index (χ0n) is 15.1. The van der Waals surface area contributed by atoms with E-state index in [4.69, 9.17) is 51.4 Å². The average Bonchev–Trinajstić information content (AvgIpc) is 3.12. The molecule has 0 fully saturated rings. The standard InChI is InChI=1S/C21H12Cl3N3O2S/c22-12-3-1-2-11(8-12)19(28)27-21(30)25-14-5-6-16(24)15(10-14)20-26-17-9-13(23)4-7-18(17)29-20/h1-10H,(H2,25,27,28,30). The second kappa shape index (κ2) is 8.62. The van der Waals surface area contributed by atoms with Gasteiger partial charge in [0.2, 0.25) is 5.89 Å². The summed E-state index contributed by atoms with van der Waals surface area (Å²) in [6, 6.07) is 16.9. The molecule has 4 aromatic rings. The molecule has 0 bridgehead atoms. The summed E-state index contributed by atoms with van der Waals surface area (Å²) in [5.74, 6) is -0.0326. The van der Waals surface area contributed by atoms with Crippen molar-refractivity contribution in [2.24, 2.45) is 0 Å². The summed E-state index contributed by atoms with van der Waals surface area (Å²) in [5.41, 5.74) is 2.78. The average molecular weight is 477 g/mol. The number of hydrogen-bond acceptors (Lipinski definition) is 4. The fraction of sp³-hybridized carbons (Fsp3) is 0. The first-order valence-electron chi connectivity index (χ1n) is 8.63. The largest absolute Gasteiger partial charge is 0.436 e. The molecule has 0 radical (unpaired) electrons. The summed E-state index contributed by atoms with van der Waals surface area (Å²) in [6.45, 7) is 0. The van der Waals surface area contributed by atoms with Gasteiger partial charge in [0.1, 0.15) is 5.52 Å². The molecule has 1 amide bonds. The Balaban J connectivity index is 1.54. The highest BCUT2D eigenvalue weighted by molar-refractivity contribution is 7.80. The van der Waals surface area contributed by atoms with E-state index in [2.05, 4.69) is 15.6 Å². The molecule has 0 aliphatic rings. The summed E-state index contributed by atoms with van der Waals surface area (Å²) >= 11 is 23.5. The highest BCUT2D eigenvalue weighted by atomic mass is 35.5. The lowest BCUT2D eigenvalue weighted by atomic mass is 10.2. The smallest absolute Gasteiger partial charge is 0.257 e. The second-order valence-corrected chi connectivity index (χ2v) is 7.93. The zero-order valence-corrected chi connectivity index (χ0v) is 18.2. The van der Waals surface area contributed by atoms with Gasteiger partial charge in [-0.05, 0) is 66.8 Å². The summed E-state index contributed by atoms with van der Waals surface area (Å²) < 4.78 is 5.79. The molecule has 0 saturated carbocycles. The third-order valence-corrected chi connectivity index (χ3v) is 5.12. The van der Waals surface area contributed by atoms with Gasteiger partial charge >= 0.3 is 0 Å². The van der Waals surface area contributed by atoms with E-state index in [0.717, 1.165) is 0 Å². The van der Waals surface area contributed by atoms with Gasteiger partial charge in [0, 0.05) is 21.3 Å². The number of thiocarbonyl (C=S) groups is 1. The normalized spacial score (nSPS) is 10.8. The molecule has 0 aliphatic carbocycles. The van der Waals surface area contributed by atoms with Crippen molar-refractivity contribution < 1.29 is 9.21 Å². The number of fused-ring (bicyclic) bond motifs is 1. The van der Waals surface area contributed by atoms with Gasteiger partial charge in [0.15, 0.2) is 10.7 Å². The van der Waals surface area contributed by atoms with Gasteiger partial charge in [-0.15, -0.1) is 0 Å². The van der Waals surface area contributed by atoms with Gasteiger partial charge in [-0.1, -0.05) is 40.9 Å². The van der Waals surface area contributed by atoms with Crippen LogP contribution in [0.4, 0.5) is 5.69 Å². The fourth-order valence-corrected chi connectivity index (χ4v) is 3.52. The second-order valence-electron chi connectivity index (χ2n) is 6.24. The summed E-state index contributed by atoms with van der Waals surface area (Å²) in [4.78, 5) is 16.8. The lowest BCUT2D eigenvalue weighted by Gasteiger charge is -2.11. The molecule has 1 aromatic heterocycles. The Bertz CT molecular complexity index is 1290. The maximum absolute atomic E-state index is 12.3. The van der Waals surface area contributed by atoms with Crippen molar-refractivity contribution in [3.8, 4) is 11.5 Å². The van der Waals surface area contributed by atoms with Crippen LogP contribution in [0.2, 0.25) is 15.1 Å². The molecule has 0 spiro atoms. The van der Waals surface area contributed by atoms with Crippen LogP contribution in [-0.4, -0.2) is 16.0 Å². The summed E-state index contributed by atoms with van der Waals surface area (Å²) in [6.07, 6.45) is 0. The molecule has 9 heteroatoms. The minimum atomic E-state index is -0.375. The number of hydrogen-bond donors (Lipinski definition) is 2. The van der Waals surface area contributed by atoms with E-state index in [1.54, 1.807) is 60.7 Å². The number of benzene rings is 3. The highest BCUT2D eigenvalue weighted by Gasteiger charge is 2.14. The van der Waals surface area contributed by atoms with Gasteiger partial charge in [0.25, 0.3) is 5.91 Å². The predicted molar refractivity (Wildman–Crippen MR) is 125 cm³/mol. The topological polar surface area (TPSA) is 67.2 Å². The number of halogens is 3. The van der Waals surface area contributed by atoms with E-state index < -0.39 is 0 Å². The summed E-state index contributed by atoms with van der Waals surface area (Å²) in [5, 5.41) is 7.16. The van der Waals surface area contributed by atoms with Crippen LogP contribution < -0.4 is 10.6 Å². The maximum Gasteiger partial charge on any atom is 0.257 e. The molecule has 0 saturated heterocycles. The lowest BCUT2D eigenvalue weighted by Crippen LogP contribution is -2.34. The summed E-state index contributed by atoms with van der Waals surface area (Å²) in [7, 11) is 0. The Morgan fingerprint density at radius 3 is 2.57 bits per heavy atom. The van der Waals surface area contributed by atoms with Crippen LogP contribution >= 0.6 is 47.0 Å². The number of rotatable bonds is 3. The van der Waals surface area contributed by atoms with Crippen LogP contribution in [0.1, 0.15) is 10.4 Å². The van der Waals surface area contributed by atoms with Gasteiger partial charge in [-0.3, -0.25) is 10.1 Å². The number of nitrogens with zero attached hydrogens (tertiary/aromatic N) is 1. The number of oxazole rings is 1. The molecule has 3 aromatic carbocycles.